The maximum atomic E-state index is 12.1. The van der Waals surface area contributed by atoms with Crippen molar-refractivity contribution < 1.29 is 24.3 Å². The number of rotatable bonds is 13. The van der Waals surface area contributed by atoms with Gasteiger partial charge in [-0.25, -0.2) is 9.59 Å². The van der Waals surface area contributed by atoms with Gasteiger partial charge in [0.25, 0.3) is 0 Å². The number of carboxylic acid groups (broad SMARTS) is 1. The molecule has 3 aliphatic heterocycles. The smallest absolute Gasteiger partial charge is 0.326 e. The van der Waals surface area contributed by atoms with Crippen LogP contribution in [-0.2, 0) is 14.4 Å². The zero-order chi connectivity index (χ0) is 22.9. The van der Waals surface area contributed by atoms with Gasteiger partial charge < -0.3 is 31.7 Å². The minimum atomic E-state index is -1.03. The Labute approximate surface area is 192 Å². The van der Waals surface area contributed by atoms with E-state index in [-0.39, 0.29) is 36.0 Å². The Hall–Kier alpha value is -2.01. The average molecular weight is 470 g/mol. The minimum absolute atomic E-state index is 0.00758. The summed E-state index contributed by atoms with van der Waals surface area (Å²) in [7, 11) is 0. The van der Waals surface area contributed by atoms with Crippen LogP contribution in [0.15, 0.2) is 0 Å². The summed E-state index contributed by atoms with van der Waals surface area (Å²) < 4.78 is 0. The van der Waals surface area contributed by atoms with Crippen molar-refractivity contribution in [2.45, 2.75) is 87.2 Å². The molecule has 0 saturated carbocycles. The number of carbonyl (C=O) groups excluding carboxylic acids is 3. The van der Waals surface area contributed by atoms with Gasteiger partial charge in [0.2, 0.25) is 11.8 Å². The summed E-state index contributed by atoms with van der Waals surface area (Å²) in [5.41, 5.74) is 0. The first-order valence-electron chi connectivity index (χ1n) is 11.7. The molecular weight excluding hydrogens is 434 g/mol. The molecule has 0 radical (unpaired) electrons. The Morgan fingerprint density at radius 1 is 1.16 bits per heavy atom. The minimum Gasteiger partial charge on any atom is -0.480 e. The molecule has 0 bridgehead atoms. The van der Waals surface area contributed by atoms with Crippen LogP contribution in [-0.4, -0.2) is 77.2 Å². The number of hydrogen-bond donors (Lipinski definition) is 6. The number of carboxylic acids is 1. The first kappa shape index (κ1) is 24.6. The molecule has 10 nitrogen and oxygen atoms in total. The molecule has 3 aliphatic rings. The largest absolute Gasteiger partial charge is 0.480 e. The number of unbranched alkanes of at least 4 members (excludes halogenated alkanes) is 2. The third-order valence-electron chi connectivity index (χ3n) is 6.31. The van der Waals surface area contributed by atoms with Gasteiger partial charge in [0.15, 0.2) is 0 Å². The van der Waals surface area contributed by atoms with Crippen molar-refractivity contribution in [2.24, 2.45) is 0 Å². The maximum absolute atomic E-state index is 12.1. The van der Waals surface area contributed by atoms with Crippen LogP contribution in [0.2, 0.25) is 0 Å². The highest BCUT2D eigenvalue weighted by atomic mass is 32.2. The predicted octanol–water partition coefficient (Wildman–Crippen LogP) is 0.320. The SMILES string of the molecule is O=C(CCCC[C@@H]1SC[C@@H]2NC(=O)N[C@@H]21)NCCCC[C@H](NC(=O)[C@@H]1CCCN1)C(=O)O. The van der Waals surface area contributed by atoms with Crippen molar-refractivity contribution in [3.8, 4) is 0 Å². The molecule has 32 heavy (non-hydrogen) atoms. The molecule has 5 atom stereocenters. The van der Waals surface area contributed by atoms with Gasteiger partial charge in [-0.3, -0.25) is 9.59 Å². The van der Waals surface area contributed by atoms with Crippen molar-refractivity contribution in [1.29, 1.82) is 0 Å². The number of nitrogens with one attached hydrogen (secondary N) is 5. The van der Waals surface area contributed by atoms with Gasteiger partial charge >= 0.3 is 12.0 Å². The van der Waals surface area contributed by atoms with E-state index in [1.165, 1.54) is 0 Å². The van der Waals surface area contributed by atoms with Gasteiger partial charge in [-0.05, 0) is 51.5 Å². The number of urea groups is 1. The van der Waals surface area contributed by atoms with E-state index in [1.807, 2.05) is 11.8 Å². The summed E-state index contributed by atoms with van der Waals surface area (Å²) in [5, 5.41) is 24.2. The van der Waals surface area contributed by atoms with Crippen LogP contribution in [0.4, 0.5) is 4.79 Å². The quantitative estimate of drug-likeness (QED) is 0.168. The third kappa shape index (κ3) is 7.26. The zero-order valence-corrected chi connectivity index (χ0v) is 19.2. The van der Waals surface area contributed by atoms with Crippen LogP contribution >= 0.6 is 11.8 Å². The summed E-state index contributed by atoms with van der Waals surface area (Å²) >= 11 is 1.88. The van der Waals surface area contributed by atoms with Gasteiger partial charge in [0, 0.05) is 24.0 Å². The molecule has 0 spiro atoms. The Morgan fingerprint density at radius 3 is 2.75 bits per heavy atom. The molecule has 0 unspecified atom stereocenters. The number of thioether (sulfide) groups is 1. The summed E-state index contributed by atoms with van der Waals surface area (Å²) in [6.45, 7) is 1.29. The molecule has 4 amide bonds. The normalized spacial score (nSPS) is 27.3. The molecule has 0 aliphatic carbocycles. The summed E-state index contributed by atoms with van der Waals surface area (Å²) in [4.78, 5) is 46.9. The zero-order valence-electron chi connectivity index (χ0n) is 18.4. The van der Waals surface area contributed by atoms with E-state index in [0.29, 0.717) is 37.5 Å². The Balaban J connectivity index is 1.20. The van der Waals surface area contributed by atoms with E-state index in [4.69, 9.17) is 0 Å². The second-order valence-corrected chi connectivity index (χ2v) is 10.0. The predicted molar refractivity (Wildman–Crippen MR) is 121 cm³/mol. The lowest BCUT2D eigenvalue weighted by Gasteiger charge is -2.17. The maximum Gasteiger partial charge on any atom is 0.326 e. The van der Waals surface area contributed by atoms with E-state index in [0.717, 1.165) is 44.4 Å². The van der Waals surface area contributed by atoms with Gasteiger partial charge in [-0.2, -0.15) is 11.8 Å². The molecule has 0 aromatic carbocycles. The average Bonchev–Trinajstić information content (AvgIpc) is 3.48. The van der Waals surface area contributed by atoms with E-state index in [2.05, 4.69) is 26.6 Å². The van der Waals surface area contributed by atoms with Gasteiger partial charge in [-0.15, -0.1) is 0 Å². The van der Waals surface area contributed by atoms with Crippen molar-refractivity contribution >= 4 is 35.6 Å². The standard InChI is InChI=1S/C21H35N5O5S/c27-17(9-2-1-8-16-18-15(12-32-16)25-21(31)26-18)23-10-4-3-6-14(20(29)30)24-19(28)13-7-5-11-22-13/h13-16,18,22H,1-12H2,(H,23,27)(H,24,28)(H,29,30)(H2,25,26,31)/t13-,14-,15-,16-,18-/m0/s1. The fourth-order valence-corrected chi connectivity index (χ4v) is 6.05. The first-order valence-corrected chi connectivity index (χ1v) is 12.7. The number of hydrogen-bond acceptors (Lipinski definition) is 6. The van der Waals surface area contributed by atoms with Crippen LogP contribution < -0.4 is 26.6 Å². The molecule has 3 rings (SSSR count). The molecule has 3 saturated heterocycles. The Morgan fingerprint density at radius 2 is 2.00 bits per heavy atom. The highest BCUT2D eigenvalue weighted by Crippen LogP contribution is 2.33. The molecule has 0 aromatic rings. The topological polar surface area (TPSA) is 149 Å². The van der Waals surface area contributed by atoms with E-state index in [9.17, 15) is 24.3 Å². The molecule has 180 valence electrons. The van der Waals surface area contributed by atoms with Crippen molar-refractivity contribution in [3.05, 3.63) is 0 Å². The first-order chi connectivity index (χ1) is 15.4. The summed E-state index contributed by atoms with van der Waals surface area (Å²) in [6, 6.07) is -0.830. The van der Waals surface area contributed by atoms with E-state index < -0.39 is 12.0 Å². The number of aliphatic carboxylic acids is 1. The Kier molecular flexibility index (Phi) is 9.46. The van der Waals surface area contributed by atoms with Crippen LogP contribution in [0.25, 0.3) is 0 Å². The highest BCUT2D eigenvalue weighted by Gasteiger charge is 2.42. The fraction of sp³-hybridized carbons (Fsp3) is 0.810. The Bertz CT molecular complexity index is 687. The lowest BCUT2D eigenvalue weighted by Crippen LogP contribution is -2.48. The molecule has 3 heterocycles. The second-order valence-electron chi connectivity index (χ2n) is 8.76. The number of fused-ring (bicyclic) bond motifs is 1. The van der Waals surface area contributed by atoms with Gasteiger partial charge in [-0.1, -0.05) is 6.42 Å². The molecule has 6 N–H and O–H groups in total. The van der Waals surface area contributed by atoms with Gasteiger partial charge in [0.1, 0.15) is 6.04 Å². The molecule has 3 fully saturated rings. The molecule has 11 heteroatoms. The lowest BCUT2D eigenvalue weighted by molar-refractivity contribution is -0.142. The van der Waals surface area contributed by atoms with Crippen molar-refractivity contribution in [1.82, 2.24) is 26.6 Å². The second kappa shape index (κ2) is 12.3. The van der Waals surface area contributed by atoms with Gasteiger partial charge in [0.05, 0.1) is 18.1 Å². The number of carbonyl (C=O) groups is 4. The third-order valence-corrected chi connectivity index (χ3v) is 7.82. The monoisotopic (exact) mass is 469 g/mol. The highest BCUT2D eigenvalue weighted by molar-refractivity contribution is 8.00. The van der Waals surface area contributed by atoms with E-state index in [1.54, 1.807) is 0 Å². The fourth-order valence-electron chi connectivity index (χ4n) is 4.50. The summed E-state index contributed by atoms with van der Waals surface area (Å²) in [6.07, 6.45) is 6.49. The number of amides is 4. The lowest BCUT2D eigenvalue weighted by atomic mass is 10.0. The molecular formula is C21H35N5O5S. The molecule has 0 aromatic heterocycles. The summed E-state index contributed by atoms with van der Waals surface area (Å²) in [5.74, 6) is -0.326. The van der Waals surface area contributed by atoms with Crippen LogP contribution in [0.5, 0.6) is 0 Å². The van der Waals surface area contributed by atoms with Crippen molar-refractivity contribution in [3.63, 3.8) is 0 Å². The van der Waals surface area contributed by atoms with Crippen LogP contribution in [0, 0.1) is 0 Å². The van der Waals surface area contributed by atoms with Crippen LogP contribution in [0.3, 0.4) is 0 Å². The van der Waals surface area contributed by atoms with Crippen LogP contribution in [0.1, 0.15) is 57.8 Å². The van der Waals surface area contributed by atoms with E-state index >= 15 is 0 Å². The van der Waals surface area contributed by atoms with Crippen molar-refractivity contribution in [2.75, 3.05) is 18.8 Å².